The van der Waals surface area contributed by atoms with E-state index in [4.69, 9.17) is 4.74 Å². The molecule has 0 aliphatic carbocycles. The van der Waals surface area contributed by atoms with E-state index in [9.17, 15) is 14.4 Å². The number of aromatic amines is 2. The van der Waals surface area contributed by atoms with Gasteiger partial charge in [0.15, 0.2) is 5.75 Å². The van der Waals surface area contributed by atoms with Crippen molar-refractivity contribution < 1.29 is 19.1 Å². The number of carbonyl (C=O) groups is 3. The molecular formula is C37H37N7O4S. The molecule has 1 fully saturated rings. The lowest BCUT2D eigenvalue weighted by Gasteiger charge is -2.31. The molecule has 3 aromatic heterocycles. The lowest BCUT2D eigenvalue weighted by Crippen LogP contribution is -2.48. The summed E-state index contributed by atoms with van der Waals surface area (Å²) in [4.78, 5) is 51.9. The summed E-state index contributed by atoms with van der Waals surface area (Å²) in [5.41, 5.74) is 8.00. The van der Waals surface area contributed by atoms with Crippen molar-refractivity contribution in [3.05, 3.63) is 76.8 Å². The molecule has 1 saturated heterocycles. The van der Waals surface area contributed by atoms with Crippen molar-refractivity contribution in [2.24, 2.45) is 0 Å². The highest BCUT2D eigenvalue weighted by atomic mass is 32.1. The number of hydrogen-bond acceptors (Lipinski definition) is 7. The summed E-state index contributed by atoms with van der Waals surface area (Å²) in [6.45, 7) is 5.72. The van der Waals surface area contributed by atoms with Crippen molar-refractivity contribution in [3.63, 3.8) is 0 Å². The molecule has 3 amide bonds. The van der Waals surface area contributed by atoms with Crippen LogP contribution >= 0.6 is 11.3 Å². The van der Waals surface area contributed by atoms with Crippen molar-refractivity contribution >= 4 is 72.5 Å². The standard InChI is InChI=1S/C37H37N7O4S/c1-21-20-49-35-32(48-37(47)43-12-10-42(3)11-13-43)18-31-26(34(21)35)8-9-44(31)36(46)30-17-23-14-22(4-6-27(23)41-30)29-16-24-15-25(5-7-28(24)40-29)39-33(45)19-38-2/h4-7,14-18,20,38,40-41H,8-13,19H2,1-3H3,(H,39,45). The van der Waals surface area contributed by atoms with Crippen molar-refractivity contribution in [1.29, 1.82) is 0 Å². The topological polar surface area (TPSA) is 126 Å². The SMILES string of the molecule is CNCC(=O)Nc1ccc2[nH]c(-c3ccc4[nH]c(C(=O)N5CCc6c5cc(OC(=O)N5CCN(C)CC5)c5scc(C)c65)cc4c3)cc2c1. The van der Waals surface area contributed by atoms with Crippen LogP contribution in [-0.4, -0.2) is 91.0 Å². The summed E-state index contributed by atoms with van der Waals surface area (Å²) < 4.78 is 6.98. The van der Waals surface area contributed by atoms with Gasteiger partial charge in [-0.1, -0.05) is 6.07 Å². The lowest BCUT2D eigenvalue weighted by molar-refractivity contribution is -0.115. The number of carbonyl (C=O) groups excluding carboxylic acids is 3. The molecule has 0 spiro atoms. The van der Waals surface area contributed by atoms with E-state index in [-0.39, 0.29) is 24.5 Å². The molecule has 4 N–H and O–H groups in total. The smallest absolute Gasteiger partial charge is 0.409 e. The lowest BCUT2D eigenvalue weighted by atomic mass is 10.0. The first-order chi connectivity index (χ1) is 23.7. The Kier molecular flexibility index (Phi) is 7.86. The molecule has 0 unspecified atom stereocenters. The van der Waals surface area contributed by atoms with E-state index in [1.165, 1.54) is 0 Å². The van der Waals surface area contributed by atoms with E-state index < -0.39 is 0 Å². The van der Waals surface area contributed by atoms with Crippen molar-refractivity contribution in [1.82, 2.24) is 25.1 Å². The number of aryl methyl sites for hydroxylation is 1. The second-order valence-electron chi connectivity index (χ2n) is 12.9. The third-order valence-corrected chi connectivity index (χ3v) is 10.7. The van der Waals surface area contributed by atoms with E-state index in [2.05, 4.69) is 57.0 Å². The van der Waals surface area contributed by atoms with Gasteiger partial charge in [-0.2, -0.15) is 0 Å². The minimum absolute atomic E-state index is 0.0989. The third kappa shape index (κ3) is 5.71. The fourth-order valence-electron chi connectivity index (χ4n) is 6.97. The Hall–Kier alpha value is -5.17. The molecule has 6 aromatic rings. The predicted octanol–water partition coefficient (Wildman–Crippen LogP) is 5.95. The number of nitrogens with one attached hydrogen (secondary N) is 4. The highest BCUT2D eigenvalue weighted by Crippen LogP contribution is 2.45. The minimum atomic E-state index is -0.352. The van der Waals surface area contributed by atoms with Gasteiger partial charge in [0.1, 0.15) is 5.69 Å². The Morgan fingerprint density at radius 1 is 0.918 bits per heavy atom. The zero-order valence-electron chi connectivity index (χ0n) is 27.6. The van der Waals surface area contributed by atoms with Crippen LogP contribution in [0.5, 0.6) is 5.75 Å². The molecule has 49 heavy (non-hydrogen) atoms. The van der Waals surface area contributed by atoms with Crippen LogP contribution in [0.25, 0.3) is 43.1 Å². The average molecular weight is 676 g/mol. The normalized spacial score (nSPS) is 15.0. The third-order valence-electron chi connectivity index (χ3n) is 9.56. The molecule has 2 aliphatic heterocycles. The summed E-state index contributed by atoms with van der Waals surface area (Å²) in [6, 6.07) is 17.7. The number of amides is 3. The van der Waals surface area contributed by atoms with Gasteiger partial charge in [-0.25, -0.2) is 4.79 Å². The van der Waals surface area contributed by atoms with Gasteiger partial charge in [0.05, 0.1) is 16.9 Å². The van der Waals surface area contributed by atoms with Gasteiger partial charge in [-0.3, -0.25) is 9.59 Å². The monoisotopic (exact) mass is 675 g/mol. The first-order valence-electron chi connectivity index (χ1n) is 16.5. The fraction of sp³-hybridized carbons (Fsp3) is 0.270. The summed E-state index contributed by atoms with van der Waals surface area (Å²) in [6.07, 6.45) is 0.377. The number of thiophene rings is 1. The number of nitrogens with zero attached hydrogens (tertiary/aromatic N) is 3. The van der Waals surface area contributed by atoms with Gasteiger partial charge in [-0.15, -0.1) is 11.3 Å². The molecule has 3 aromatic carbocycles. The quantitative estimate of drug-likeness (QED) is 0.173. The molecule has 2 aliphatic rings. The number of aromatic nitrogens is 2. The van der Waals surface area contributed by atoms with Gasteiger partial charge < -0.3 is 40.0 Å². The maximum atomic E-state index is 14.1. The molecule has 8 rings (SSSR count). The molecular weight excluding hydrogens is 639 g/mol. The Morgan fingerprint density at radius 2 is 1.69 bits per heavy atom. The van der Waals surface area contributed by atoms with Gasteiger partial charge in [0.25, 0.3) is 5.91 Å². The predicted molar refractivity (Wildman–Crippen MR) is 195 cm³/mol. The summed E-state index contributed by atoms with van der Waals surface area (Å²) in [5, 5.41) is 10.8. The number of anilines is 2. The van der Waals surface area contributed by atoms with Crippen LogP contribution in [0.4, 0.5) is 16.2 Å². The number of likely N-dealkylation sites (N-methyl/N-ethyl adjacent to an activating group) is 2. The van der Waals surface area contributed by atoms with Gasteiger partial charge in [0.2, 0.25) is 5.91 Å². The Bertz CT molecular complexity index is 2280. The average Bonchev–Trinajstić information content (AvgIpc) is 3.89. The van der Waals surface area contributed by atoms with Gasteiger partial charge >= 0.3 is 6.09 Å². The van der Waals surface area contributed by atoms with Crippen molar-refractivity contribution in [3.8, 4) is 17.0 Å². The number of rotatable bonds is 6. The zero-order valence-corrected chi connectivity index (χ0v) is 28.4. The largest absolute Gasteiger partial charge is 0.415 e. The number of benzene rings is 3. The molecule has 0 radical (unpaired) electrons. The van der Waals surface area contributed by atoms with E-state index in [1.54, 1.807) is 28.2 Å². The number of ether oxygens (including phenoxy) is 1. The molecule has 0 saturated carbocycles. The second kappa shape index (κ2) is 12.4. The number of fused-ring (bicyclic) bond motifs is 5. The van der Waals surface area contributed by atoms with Crippen LogP contribution in [0.2, 0.25) is 0 Å². The van der Waals surface area contributed by atoms with E-state index in [0.717, 1.165) is 85.2 Å². The maximum absolute atomic E-state index is 14.1. The molecule has 5 heterocycles. The Labute approximate surface area is 286 Å². The summed E-state index contributed by atoms with van der Waals surface area (Å²) >= 11 is 1.57. The Balaban J connectivity index is 1.06. The fourth-order valence-corrected chi connectivity index (χ4v) is 8.00. The molecule has 0 atom stereocenters. The summed E-state index contributed by atoms with van der Waals surface area (Å²) in [5.74, 6) is 0.277. The molecule has 0 bridgehead atoms. The van der Waals surface area contributed by atoms with Crippen LogP contribution < -0.4 is 20.3 Å². The van der Waals surface area contributed by atoms with Gasteiger partial charge in [0, 0.05) is 77.4 Å². The summed E-state index contributed by atoms with van der Waals surface area (Å²) in [7, 11) is 3.79. The van der Waals surface area contributed by atoms with Crippen LogP contribution in [0.3, 0.4) is 0 Å². The van der Waals surface area contributed by atoms with Crippen LogP contribution in [0.1, 0.15) is 21.6 Å². The van der Waals surface area contributed by atoms with E-state index >= 15 is 0 Å². The number of piperazine rings is 1. The van der Waals surface area contributed by atoms with Gasteiger partial charge in [-0.05, 0) is 92.0 Å². The van der Waals surface area contributed by atoms with E-state index in [1.807, 2.05) is 42.5 Å². The Morgan fingerprint density at radius 3 is 2.51 bits per heavy atom. The minimum Gasteiger partial charge on any atom is -0.409 e. The highest BCUT2D eigenvalue weighted by molar-refractivity contribution is 7.17. The zero-order chi connectivity index (χ0) is 33.8. The molecule has 11 nitrogen and oxygen atoms in total. The molecule has 250 valence electrons. The first kappa shape index (κ1) is 31.1. The van der Waals surface area contributed by atoms with Crippen LogP contribution in [0, 0.1) is 6.92 Å². The number of hydrogen-bond donors (Lipinski definition) is 4. The van der Waals surface area contributed by atoms with Crippen LogP contribution in [0.15, 0.2) is 60.0 Å². The first-order valence-corrected chi connectivity index (χ1v) is 17.3. The second-order valence-corrected chi connectivity index (χ2v) is 13.8. The maximum Gasteiger partial charge on any atom is 0.415 e. The van der Waals surface area contributed by atoms with Crippen molar-refractivity contribution in [2.45, 2.75) is 13.3 Å². The van der Waals surface area contributed by atoms with Crippen LogP contribution in [-0.2, 0) is 11.2 Å². The van der Waals surface area contributed by atoms with E-state index in [0.29, 0.717) is 31.1 Å². The molecule has 12 heteroatoms. The highest BCUT2D eigenvalue weighted by Gasteiger charge is 2.32. The van der Waals surface area contributed by atoms with Crippen molar-refractivity contribution in [2.75, 3.05) is 63.6 Å². The number of H-pyrrole nitrogens is 2.